The molecule has 23 heavy (non-hydrogen) atoms. The first-order chi connectivity index (χ1) is 11.1. The Labute approximate surface area is 138 Å². The highest BCUT2D eigenvalue weighted by molar-refractivity contribution is 6.29. The van der Waals surface area contributed by atoms with Crippen LogP contribution in [-0.4, -0.2) is 41.7 Å². The molecule has 0 saturated carbocycles. The van der Waals surface area contributed by atoms with Gasteiger partial charge >= 0.3 is 0 Å². The van der Waals surface area contributed by atoms with Crippen LogP contribution in [0.2, 0.25) is 5.15 Å². The molecule has 1 aliphatic heterocycles. The van der Waals surface area contributed by atoms with Crippen LogP contribution < -0.4 is 16.0 Å². The summed E-state index contributed by atoms with van der Waals surface area (Å²) in [5.41, 5.74) is 6.35. The van der Waals surface area contributed by atoms with Gasteiger partial charge in [0.1, 0.15) is 11.0 Å². The maximum absolute atomic E-state index is 12.3. The number of anilines is 3. The predicted octanol–water partition coefficient (Wildman–Crippen LogP) is 1.56. The van der Waals surface area contributed by atoms with Crippen molar-refractivity contribution in [3.63, 3.8) is 0 Å². The molecule has 0 bridgehead atoms. The number of nitrogens with one attached hydrogen (secondary N) is 1. The molecule has 1 unspecified atom stereocenters. The highest BCUT2D eigenvalue weighted by Crippen LogP contribution is 2.20. The molecule has 7 nitrogen and oxygen atoms in total. The van der Waals surface area contributed by atoms with Gasteiger partial charge in [-0.25, -0.2) is 4.98 Å². The minimum absolute atomic E-state index is 0.101. The number of para-hydroxylation sites is 1. The molecule has 1 saturated heterocycles. The monoisotopic (exact) mass is 333 g/mol. The number of aromatic nitrogens is 2. The van der Waals surface area contributed by atoms with Gasteiger partial charge in [0.05, 0.1) is 13.2 Å². The number of halogens is 1. The van der Waals surface area contributed by atoms with Crippen molar-refractivity contribution in [1.29, 1.82) is 0 Å². The lowest BCUT2D eigenvalue weighted by molar-refractivity contribution is -0.128. The number of morpholine rings is 1. The van der Waals surface area contributed by atoms with Gasteiger partial charge in [0.25, 0.3) is 5.91 Å². The van der Waals surface area contributed by atoms with E-state index >= 15 is 0 Å². The number of carbonyl (C=O) groups is 1. The normalized spacial score (nSPS) is 17.8. The van der Waals surface area contributed by atoms with Gasteiger partial charge in [-0.3, -0.25) is 4.79 Å². The van der Waals surface area contributed by atoms with E-state index in [0.29, 0.717) is 25.5 Å². The maximum atomic E-state index is 12.3. The van der Waals surface area contributed by atoms with E-state index < -0.39 is 6.10 Å². The lowest BCUT2D eigenvalue weighted by atomic mass is 10.2. The first-order valence-corrected chi connectivity index (χ1v) is 7.52. The third kappa shape index (κ3) is 3.88. The van der Waals surface area contributed by atoms with Crippen molar-refractivity contribution >= 4 is 35.0 Å². The number of amides is 1. The first kappa shape index (κ1) is 15.5. The molecule has 0 radical (unpaired) electrons. The van der Waals surface area contributed by atoms with Crippen molar-refractivity contribution in [2.45, 2.75) is 6.10 Å². The van der Waals surface area contributed by atoms with Crippen LogP contribution >= 0.6 is 11.6 Å². The van der Waals surface area contributed by atoms with E-state index in [4.69, 9.17) is 22.1 Å². The van der Waals surface area contributed by atoms with Crippen molar-refractivity contribution in [1.82, 2.24) is 9.97 Å². The molecule has 1 fully saturated rings. The van der Waals surface area contributed by atoms with Gasteiger partial charge in [-0.1, -0.05) is 29.8 Å². The molecule has 8 heteroatoms. The molecule has 2 aromatic rings. The van der Waals surface area contributed by atoms with Gasteiger partial charge in [0.15, 0.2) is 6.10 Å². The van der Waals surface area contributed by atoms with Gasteiger partial charge in [-0.15, -0.1) is 0 Å². The lowest BCUT2D eigenvalue weighted by Crippen LogP contribution is -2.48. The molecule has 1 amide bonds. The second-order valence-corrected chi connectivity index (χ2v) is 5.46. The molecule has 1 aromatic heterocycles. The minimum Gasteiger partial charge on any atom is -0.368 e. The number of nitrogens with zero attached hydrogens (tertiary/aromatic N) is 3. The summed E-state index contributed by atoms with van der Waals surface area (Å²) in [6, 6.07) is 10.9. The van der Waals surface area contributed by atoms with Crippen LogP contribution in [0.3, 0.4) is 0 Å². The summed E-state index contributed by atoms with van der Waals surface area (Å²) in [4.78, 5) is 22.2. The molecule has 1 atom stereocenters. The molecular formula is C15H16ClN5O2. The topological polar surface area (TPSA) is 93.4 Å². The zero-order valence-electron chi connectivity index (χ0n) is 12.3. The van der Waals surface area contributed by atoms with E-state index in [9.17, 15) is 4.79 Å². The Kier molecular flexibility index (Phi) is 4.59. The number of hydrogen-bond acceptors (Lipinski definition) is 6. The van der Waals surface area contributed by atoms with Crippen molar-refractivity contribution in [2.24, 2.45) is 0 Å². The van der Waals surface area contributed by atoms with Crippen LogP contribution in [0.5, 0.6) is 0 Å². The van der Waals surface area contributed by atoms with Crippen molar-refractivity contribution in [2.75, 3.05) is 35.6 Å². The average molecular weight is 334 g/mol. The third-order valence-corrected chi connectivity index (χ3v) is 3.62. The highest BCUT2D eigenvalue weighted by Gasteiger charge is 2.27. The Hall–Kier alpha value is -2.38. The fourth-order valence-electron chi connectivity index (χ4n) is 2.35. The van der Waals surface area contributed by atoms with Crippen molar-refractivity contribution < 1.29 is 9.53 Å². The highest BCUT2D eigenvalue weighted by atomic mass is 35.5. The third-order valence-electron chi connectivity index (χ3n) is 3.42. The van der Waals surface area contributed by atoms with E-state index in [1.165, 1.54) is 0 Å². The van der Waals surface area contributed by atoms with Crippen LogP contribution in [0, 0.1) is 0 Å². The molecule has 120 valence electrons. The van der Waals surface area contributed by atoms with Gasteiger partial charge in [0, 0.05) is 18.3 Å². The largest absolute Gasteiger partial charge is 0.368 e. The van der Waals surface area contributed by atoms with Crippen LogP contribution in [-0.2, 0) is 9.53 Å². The summed E-state index contributed by atoms with van der Waals surface area (Å²) in [6.07, 6.45) is -0.598. The average Bonchev–Trinajstić information content (AvgIpc) is 2.55. The molecule has 1 aromatic carbocycles. The number of rotatable bonds is 3. The zero-order valence-corrected chi connectivity index (χ0v) is 13.0. The number of nitrogen functional groups attached to an aromatic ring is 1. The number of hydrogen-bond donors (Lipinski definition) is 2. The molecular weight excluding hydrogens is 318 g/mol. The van der Waals surface area contributed by atoms with E-state index in [2.05, 4.69) is 15.3 Å². The summed E-state index contributed by atoms with van der Waals surface area (Å²) in [5.74, 6) is 0.488. The number of nitrogens with two attached hydrogens (primary N) is 1. The summed E-state index contributed by atoms with van der Waals surface area (Å²) < 4.78 is 5.56. The second kappa shape index (κ2) is 6.80. The van der Waals surface area contributed by atoms with Crippen molar-refractivity contribution in [3.8, 4) is 0 Å². The summed E-state index contributed by atoms with van der Waals surface area (Å²) >= 11 is 5.91. The van der Waals surface area contributed by atoms with E-state index in [1.54, 1.807) is 6.07 Å². The summed E-state index contributed by atoms with van der Waals surface area (Å²) in [6.45, 7) is 1.38. The second-order valence-electron chi connectivity index (χ2n) is 5.07. The zero-order chi connectivity index (χ0) is 16.2. The summed E-state index contributed by atoms with van der Waals surface area (Å²) in [5, 5.41) is 3.10. The number of carbonyl (C=O) groups excluding carboxylic acids is 1. The van der Waals surface area contributed by atoms with E-state index in [-0.39, 0.29) is 17.0 Å². The standard InChI is InChI=1S/C15H16ClN5O2/c16-12-8-13(20-15(17)19-12)21-6-7-23-11(9-21)14(22)18-10-4-2-1-3-5-10/h1-5,8,11H,6-7,9H2,(H,18,22)(H2,17,19,20). The van der Waals surface area contributed by atoms with Crippen LogP contribution in [0.4, 0.5) is 17.5 Å². The smallest absolute Gasteiger partial charge is 0.255 e. The molecule has 0 spiro atoms. The van der Waals surface area contributed by atoms with Gasteiger partial charge in [0.2, 0.25) is 5.95 Å². The Morgan fingerprint density at radius 3 is 2.87 bits per heavy atom. The van der Waals surface area contributed by atoms with E-state index in [1.807, 2.05) is 35.2 Å². The fraction of sp³-hybridized carbons (Fsp3) is 0.267. The molecule has 3 rings (SSSR count). The SMILES string of the molecule is Nc1nc(Cl)cc(N2CCOC(C(=O)Nc3ccccc3)C2)n1. The van der Waals surface area contributed by atoms with Gasteiger partial charge in [-0.05, 0) is 12.1 Å². The maximum Gasteiger partial charge on any atom is 0.255 e. The van der Waals surface area contributed by atoms with Crippen LogP contribution in [0.1, 0.15) is 0 Å². The number of ether oxygens (including phenoxy) is 1. The quantitative estimate of drug-likeness (QED) is 0.828. The van der Waals surface area contributed by atoms with E-state index in [0.717, 1.165) is 5.69 Å². The van der Waals surface area contributed by atoms with Gasteiger partial charge in [-0.2, -0.15) is 4.98 Å². The molecule has 3 N–H and O–H groups in total. The Balaban J connectivity index is 1.69. The predicted molar refractivity (Wildman–Crippen MR) is 88.5 cm³/mol. The van der Waals surface area contributed by atoms with Crippen molar-refractivity contribution in [3.05, 3.63) is 41.6 Å². The van der Waals surface area contributed by atoms with Gasteiger partial charge < -0.3 is 20.7 Å². The molecule has 2 heterocycles. The first-order valence-electron chi connectivity index (χ1n) is 7.14. The lowest BCUT2D eigenvalue weighted by Gasteiger charge is -2.33. The fourth-order valence-corrected chi connectivity index (χ4v) is 2.53. The summed E-state index contributed by atoms with van der Waals surface area (Å²) in [7, 11) is 0. The van der Waals surface area contributed by atoms with Crippen LogP contribution in [0.15, 0.2) is 36.4 Å². The minimum atomic E-state index is -0.598. The Bertz CT molecular complexity index is 677. The number of benzene rings is 1. The molecule has 0 aliphatic carbocycles. The Morgan fingerprint density at radius 2 is 2.13 bits per heavy atom. The Morgan fingerprint density at radius 1 is 1.35 bits per heavy atom. The molecule has 1 aliphatic rings. The van der Waals surface area contributed by atoms with Crippen LogP contribution in [0.25, 0.3) is 0 Å².